The Kier molecular flexibility index (Phi) is 3.48. The van der Waals surface area contributed by atoms with Gasteiger partial charge in [0, 0.05) is 24.8 Å². The van der Waals surface area contributed by atoms with Crippen LogP contribution in [0.2, 0.25) is 0 Å². The summed E-state index contributed by atoms with van der Waals surface area (Å²) >= 11 is 1.54. The molecule has 1 aliphatic heterocycles. The van der Waals surface area contributed by atoms with Gasteiger partial charge < -0.3 is 9.85 Å². The number of hydrogen-bond acceptors (Lipinski definition) is 3. The van der Waals surface area contributed by atoms with Crippen molar-refractivity contribution in [3.63, 3.8) is 0 Å². The predicted octanol–water partition coefficient (Wildman–Crippen LogP) is 4.03. The number of ketones is 1. The predicted molar refractivity (Wildman–Crippen MR) is 93.3 cm³/mol. The van der Waals surface area contributed by atoms with Crippen molar-refractivity contribution in [3.8, 4) is 0 Å². The fraction of sp³-hybridized carbons (Fsp3) is 0.316. The molecule has 1 aromatic carbocycles. The second kappa shape index (κ2) is 5.41. The number of hydroxylamine groups is 3. The Labute approximate surface area is 140 Å². The van der Waals surface area contributed by atoms with E-state index in [0.717, 1.165) is 28.8 Å². The maximum atomic E-state index is 12.6. The molecule has 0 unspecified atom stereocenters. The summed E-state index contributed by atoms with van der Waals surface area (Å²) in [6.45, 7) is 1.24. The Balaban J connectivity index is 1.93. The van der Waals surface area contributed by atoms with Crippen LogP contribution in [-0.2, 0) is 6.42 Å². The number of carbonyl (C=O) groups excluding carboxylic acids is 1. The average Bonchev–Trinajstić information content (AvgIpc) is 2.96. The molecule has 0 amide bonds. The van der Waals surface area contributed by atoms with Crippen LogP contribution in [0.15, 0.2) is 41.3 Å². The van der Waals surface area contributed by atoms with Crippen LogP contribution in [0.4, 0.5) is 0 Å². The molecule has 1 aliphatic carbocycles. The summed E-state index contributed by atoms with van der Waals surface area (Å²) in [5.74, 6) is 0.207. The molecule has 0 spiro atoms. The normalized spacial score (nSPS) is 24.2. The van der Waals surface area contributed by atoms with E-state index in [-0.39, 0.29) is 10.4 Å². The summed E-state index contributed by atoms with van der Waals surface area (Å²) in [4.78, 5) is 13.5. The van der Waals surface area contributed by atoms with E-state index in [0.29, 0.717) is 19.5 Å². The lowest BCUT2D eigenvalue weighted by Gasteiger charge is -2.42. The van der Waals surface area contributed by atoms with Crippen molar-refractivity contribution >= 4 is 22.7 Å². The highest BCUT2D eigenvalue weighted by molar-refractivity contribution is 7.12. The monoisotopic (exact) mass is 325 g/mol. The maximum Gasteiger partial charge on any atom is 0.177 e. The summed E-state index contributed by atoms with van der Waals surface area (Å²) < 4.78 is -0.159. The summed E-state index contributed by atoms with van der Waals surface area (Å²) in [5.41, 5.74) is 5.89. The molecule has 1 fully saturated rings. The number of fused-ring (bicyclic) bond motifs is 2. The van der Waals surface area contributed by atoms with Gasteiger partial charge >= 0.3 is 0 Å². The van der Waals surface area contributed by atoms with E-state index in [9.17, 15) is 10.0 Å². The van der Waals surface area contributed by atoms with E-state index >= 15 is 0 Å². The molecule has 0 atom stereocenters. The Morgan fingerprint density at radius 1 is 1.09 bits per heavy atom. The van der Waals surface area contributed by atoms with Crippen LogP contribution in [0.5, 0.6) is 0 Å². The smallest absolute Gasteiger partial charge is 0.177 e. The van der Waals surface area contributed by atoms with E-state index in [2.05, 4.69) is 18.2 Å². The largest absolute Gasteiger partial charge is 0.633 e. The minimum Gasteiger partial charge on any atom is -0.633 e. The lowest BCUT2D eigenvalue weighted by atomic mass is 9.87. The molecule has 23 heavy (non-hydrogen) atoms. The molecule has 4 rings (SSSR count). The third-order valence-electron chi connectivity index (χ3n) is 4.95. The van der Waals surface area contributed by atoms with E-state index in [1.807, 2.05) is 17.5 Å². The summed E-state index contributed by atoms with van der Waals surface area (Å²) in [7, 11) is 1.75. The van der Waals surface area contributed by atoms with E-state index in [1.165, 1.54) is 28.0 Å². The number of Topliss-reactive ketones (excluding diaryl/α,β-unsaturated/α-hetero) is 1. The quantitative estimate of drug-likeness (QED) is 0.542. The van der Waals surface area contributed by atoms with Gasteiger partial charge in [0.1, 0.15) is 0 Å². The maximum absolute atomic E-state index is 12.6. The van der Waals surface area contributed by atoms with Gasteiger partial charge in [-0.25, -0.2) is 0 Å². The molecule has 1 aromatic heterocycles. The molecular formula is C19H19NO2S. The third-order valence-corrected chi connectivity index (χ3v) is 5.91. The Bertz CT molecular complexity index is 804. The van der Waals surface area contributed by atoms with Gasteiger partial charge in [0.15, 0.2) is 5.78 Å². The van der Waals surface area contributed by atoms with Gasteiger partial charge in [-0.15, -0.1) is 11.3 Å². The number of rotatable bonds is 0. The number of thiophene rings is 1. The lowest BCUT2D eigenvalue weighted by molar-refractivity contribution is -0.863. The molecule has 4 heteroatoms. The van der Waals surface area contributed by atoms with Crippen molar-refractivity contribution in [1.29, 1.82) is 0 Å². The van der Waals surface area contributed by atoms with Crippen molar-refractivity contribution in [2.75, 3.05) is 20.1 Å². The zero-order valence-electron chi connectivity index (χ0n) is 13.2. The van der Waals surface area contributed by atoms with Gasteiger partial charge in [-0.3, -0.25) is 4.79 Å². The standard InChI is InChI=1S/C19H19NO2S/c1-20(22)9-6-13(7-10-20)18-15-5-3-2-4-14(15)12-17(21)19-16(18)8-11-23-19/h2-5,8,11H,6-7,9-10,12H2,1H3. The van der Waals surface area contributed by atoms with E-state index in [4.69, 9.17) is 0 Å². The number of nitrogens with zero attached hydrogens (tertiary/aromatic N) is 1. The van der Waals surface area contributed by atoms with E-state index in [1.54, 1.807) is 7.05 Å². The summed E-state index contributed by atoms with van der Waals surface area (Å²) in [5, 5.41) is 14.2. The van der Waals surface area contributed by atoms with Crippen molar-refractivity contribution in [2.45, 2.75) is 19.3 Å². The molecule has 1 saturated heterocycles. The Hall–Kier alpha value is -1.75. The summed E-state index contributed by atoms with van der Waals surface area (Å²) in [6.07, 6.45) is 2.09. The number of hydrogen-bond donors (Lipinski definition) is 0. The first-order chi connectivity index (χ1) is 11.1. The number of benzene rings is 1. The molecular weight excluding hydrogens is 306 g/mol. The third kappa shape index (κ3) is 2.57. The van der Waals surface area contributed by atoms with Crippen LogP contribution in [0.3, 0.4) is 0 Å². The van der Waals surface area contributed by atoms with E-state index < -0.39 is 0 Å². The number of likely N-dealkylation sites (tertiary alicyclic amines) is 1. The average molecular weight is 325 g/mol. The topological polar surface area (TPSA) is 40.1 Å². The molecule has 0 radical (unpaired) electrons. The van der Waals surface area contributed by atoms with Crippen LogP contribution in [0, 0.1) is 5.21 Å². The molecule has 0 bridgehead atoms. The first-order valence-electron chi connectivity index (χ1n) is 8.02. The Morgan fingerprint density at radius 3 is 2.61 bits per heavy atom. The van der Waals surface area contributed by atoms with Gasteiger partial charge in [-0.2, -0.15) is 0 Å². The zero-order valence-corrected chi connectivity index (χ0v) is 14.0. The first kappa shape index (κ1) is 14.8. The minimum atomic E-state index is -0.159. The fourth-order valence-corrected chi connectivity index (χ4v) is 4.49. The van der Waals surface area contributed by atoms with Gasteiger partial charge in [-0.05, 0) is 28.1 Å². The second-order valence-corrected chi connectivity index (χ2v) is 7.56. The Morgan fingerprint density at radius 2 is 1.83 bits per heavy atom. The number of carbonyl (C=O) groups is 1. The molecule has 0 N–H and O–H groups in total. The molecule has 2 aliphatic rings. The highest BCUT2D eigenvalue weighted by atomic mass is 32.1. The molecule has 0 saturated carbocycles. The minimum absolute atomic E-state index is 0.159. The van der Waals surface area contributed by atoms with Gasteiger partial charge in [0.2, 0.25) is 0 Å². The van der Waals surface area contributed by atoms with Gasteiger partial charge in [0.25, 0.3) is 0 Å². The van der Waals surface area contributed by atoms with Crippen LogP contribution < -0.4 is 0 Å². The summed E-state index contributed by atoms with van der Waals surface area (Å²) in [6, 6.07) is 10.3. The van der Waals surface area contributed by atoms with Crippen molar-refractivity contribution in [2.24, 2.45) is 0 Å². The van der Waals surface area contributed by atoms with Crippen molar-refractivity contribution in [1.82, 2.24) is 0 Å². The van der Waals surface area contributed by atoms with Crippen molar-refractivity contribution < 1.29 is 9.44 Å². The molecule has 2 aromatic rings. The second-order valence-electron chi connectivity index (χ2n) is 6.64. The highest BCUT2D eigenvalue weighted by Crippen LogP contribution is 2.40. The van der Waals surface area contributed by atoms with Crippen LogP contribution >= 0.6 is 11.3 Å². The fourth-order valence-electron chi connectivity index (χ4n) is 3.65. The number of quaternary nitrogens is 1. The van der Waals surface area contributed by atoms with Crippen molar-refractivity contribution in [3.05, 3.63) is 68.1 Å². The number of piperidine rings is 1. The van der Waals surface area contributed by atoms with Crippen LogP contribution in [0.1, 0.15) is 39.2 Å². The first-order valence-corrected chi connectivity index (χ1v) is 8.90. The molecule has 3 nitrogen and oxygen atoms in total. The lowest BCUT2D eigenvalue weighted by Crippen LogP contribution is -2.42. The SMILES string of the molecule is C[N+]1([O-])CCC(=C2c3ccccc3CC(=O)c3sccc32)CC1. The van der Waals surface area contributed by atoms with Gasteiger partial charge in [0.05, 0.1) is 25.0 Å². The zero-order chi connectivity index (χ0) is 16.0. The van der Waals surface area contributed by atoms with Gasteiger partial charge in [-0.1, -0.05) is 29.8 Å². The molecule has 118 valence electrons. The molecule has 2 heterocycles. The van der Waals surface area contributed by atoms with Crippen LogP contribution in [0.25, 0.3) is 5.57 Å². The highest BCUT2D eigenvalue weighted by Gasteiger charge is 2.29. The van der Waals surface area contributed by atoms with Crippen LogP contribution in [-0.4, -0.2) is 30.6 Å².